The van der Waals surface area contributed by atoms with Gasteiger partial charge in [0, 0.05) is 32.9 Å². The van der Waals surface area contributed by atoms with Crippen LogP contribution in [0, 0.1) is 41.5 Å². The van der Waals surface area contributed by atoms with Gasteiger partial charge in [0.15, 0.2) is 11.2 Å². The fourth-order valence-corrected chi connectivity index (χ4v) is 9.05. The normalized spacial score (nSPS) is 11.6. The van der Waals surface area contributed by atoms with Gasteiger partial charge in [0.2, 0.25) is 0 Å². The third-order valence-corrected chi connectivity index (χ3v) is 11.8. The molecule has 8 aromatic carbocycles. The van der Waals surface area contributed by atoms with E-state index in [0.29, 0.717) is 0 Å². The summed E-state index contributed by atoms with van der Waals surface area (Å²) in [5, 5.41) is 4.47. The fraction of sp³-hybridized carbons (Fsp3) is 0.111. The summed E-state index contributed by atoms with van der Waals surface area (Å²) in [5.74, 6) is 0. The quantitative estimate of drug-likeness (QED) is 0.162. The Morgan fingerprint density at radius 1 is 0.310 bits per heavy atom. The number of hydrogen-bond acceptors (Lipinski definition) is 4. The highest BCUT2D eigenvalue weighted by molar-refractivity contribution is 6.12. The molecular weight excluding hydrogens is 709 g/mol. The Morgan fingerprint density at radius 3 is 1.07 bits per heavy atom. The summed E-state index contributed by atoms with van der Waals surface area (Å²) in [6.07, 6.45) is 0. The number of benzene rings is 8. The predicted molar refractivity (Wildman–Crippen MR) is 244 cm³/mol. The standard InChI is InChI=1S/C54H44N2O2/c1-33-15-11-16-34(2)51(33)55(47-23-13-21-43-41-19-7-9-25-49(41)57-53(43)47)45-29-27-39(31-37(45)5)40-28-30-46(38(6)32-40)56(52-35(3)17-12-18-36(52)4)48-24-14-22-44-42-20-8-10-26-50(42)58-54(44)48/h7-32H,1-6H3. The lowest BCUT2D eigenvalue weighted by Crippen LogP contribution is -2.14. The first-order valence-electron chi connectivity index (χ1n) is 20.0. The number of hydrogen-bond donors (Lipinski definition) is 0. The van der Waals surface area contributed by atoms with Gasteiger partial charge in [-0.25, -0.2) is 0 Å². The zero-order valence-corrected chi connectivity index (χ0v) is 33.7. The number of para-hydroxylation sites is 6. The molecule has 282 valence electrons. The lowest BCUT2D eigenvalue weighted by atomic mass is 9.97. The SMILES string of the molecule is Cc1cc(-c2ccc(N(c3c(C)cccc3C)c3cccc4c3oc3ccccc34)c(C)c2)ccc1N(c1c(C)cccc1C)c1cccc2c1oc1ccccc12. The molecule has 4 heteroatoms. The van der Waals surface area contributed by atoms with Gasteiger partial charge in [-0.1, -0.05) is 109 Å². The number of aryl methyl sites for hydroxylation is 6. The summed E-state index contributed by atoms with van der Waals surface area (Å²) in [5.41, 5.74) is 19.6. The molecule has 0 N–H and O–H groups in total. The van der Waals surface area contributed by atoms with E-state index >= 15 is 0 Å². The van der Waals surface area contributed by atoms with Crippen LogP contribution in [0.25, 0.3) is 55.0 Å². The van der Waals surface area contributed by atoms with E-state index in [4.69, 9.17) is 8.83 Å². The molecule has 0 atom stereocenters. The lowest BCUT2D eigenvalue weighted by Gasteiger charge is -2.31. The van der Waals surface area contributed by atoms with Crippen molar-refractivity contribution in [3.05, 3.63) is 191 Å². The van der Waals surface area contributed by atoms with Crippen LogP contribution in [0.3, 0.4) is 0 Å². The maximum Gasteiger partial charge on any atom is 0.159 e. The average Bonchev–Trinajstić information content (AvgIpc) is 3.80. The Labute approximate surface area is 339 Å². The van der Waals surface area contributed by atoms with Crippen molar-refractivity contribution < 1.29 is 8.83 Å². The van der Waals surface area contributed by atoms with Crippen molar-refractivity contribution in [1.29, 1.82) is 0 Å². The van der Waals surface area contributed by atoms with Gasteiger partial charge in [0.1, 0.15) is 11.2 Å². The second-order valence-corrected chi connectivity index (χ2v) is 15.7. The van der Waals surface area contributed by atoms with Crippen LogP contribution in [0.1, 0.15) is 33.4 Å². The molecule has 4 nitrogen and oxygen atoms in total. The number of anilines is 6. The van der Waals surface area contributed by atoms with Crippen molar-refractivity contribution in [3.63, 3.8) is 0 Å². The molecule has 0 aliphatic rings. The molecule has 0 bridgehead atoms. The molecule has 0 radical (unpaired) electrons. The van der Waals surface area contributed by atoms with Crippen molar-refractivity contribution in [1.82, 2.24) is 0 Å². The molecule has 0 amide bonds. The van der Waals surface area contributed by atoms with Crippen LogP contribution in [0.15, 0.2) is 167 Å². The molecule has 2 aromatic heterocycles. The minimum atomic E-state index is 0.882. The first-order chi connectivity index (χ1) is 28.3. The Hall–Kier alpha value is -7.04. The van der Waals surface area contributed by atoms with Gasteiger partial charge >= 0.3 is 0 Å². The molecular formula is C54H44N2O2. The van der Waals surface area contributed by atoms with Crippen LogP contribution in [-0.2, 0) is 0 Å². The van der Waals surface area contributed by atoms with Crippen molar-refractivity contribution in [2.45, 2.75) is 41.5 Å². The summed E-state index contributed by atoms with van der Waals surface area (Å²) in [6, 6.07) is 56.3. The summed E-state index contributed by atoms with van der Waals surface area (Å²) in [7, 11) is 0. The minimum absolute atomic E-state index is 0.882. The van der Waals surface area contributed by atoms with E-state index in [-0.39, 0.29) is 0 Å². The van der Waals surface area contributed by atoms with Crippen LogP contribution in [-0.4, -0.2) is 0 Å². The average molecular weight is 753 g/mol. The van der Waals surface area contributed by atoms with Crippen LogP contribution in [0.2, 0.25) is 0 Å². The summed E-state index contributed by atoms with van der Waals surface area (Å²) in [4.78, 5) is 4.79. The number of nitrogens with zero attached hydrogens (tertiary/aromatic N) is 2. The van der Waals surface area contributed by atoms with Crippen molar-refractivity contribution in [2.24, 2.45) is 0 Å². The van der Waals surface area contributed by atoms with E-state index < -0.39 is 0 Å². The molecule has 2 heterocycles. The molecule has 0 aliphatic carbocycles. The Balaban J connectivity index is 1.10. The number of rotatable bonds is 7. The smallest absolute Gasteiger partial charge is 0.159 e. The van der Waals surface area contributed by atoms with E-state index in [0.717, 1.165) is 89.1 Å². The Kier molecular flexibility index (Phi) is 8.45. The molecule has 0 saturated carbocycles. The van der Waals surface area contributed by atoms with E-state index in [1.54, 1.807) is 0 Å². The third-order valence-electron chi connectivity index (χ3n) is 11.8. The number of fused-ring (bicyclic) bond motifs is 6. The summed E-state index contributed by atoms with van der Waals surface area (Å²) >= 11 is 0. The van der Waals surface area contributed by atoms with Gasteiger partial charge in [-0.2, -0.15) is 0 Å². The van der Waals surface area contributed by atoms with E-state index in [1.165, 1.54) is 33.4 Å². The maximum absolute atomic E-state index is 6.63. The first-order valence-corrected chi connectivity index (χ1v) is 20.0. The van der Waals surface area contributed by atoms with E-state index in [1.807, 2.05) is 12.1 Å². The van der Waals surface area contributed by atoms with Crippen molar-refractivity contribution in [3.8, 4) is 11.1 Å². The predicted octanol–water partition coefficient (Wildman–Crippen LogP) is 15.9. The van der Waals surface area contributed by atoms with Gasteiger partial charge in [-0.15, -0.1) is 0 Å². The highest BCUT2D eigenvalue weighted by Gasteiger charge is 2.25. The third kappa shape index (κ3) is 5.67. The van der Waals surface area contributed by atoms with Crippen LogP contribution in [0.5, 0.6) is 0 Å². The molecule has 0 aliphatic heterocycles. The van der Waals surface area contributed by atoms with E-state index in [9.17, 15) is 0 Å². The van der Waals surface area contributed by atoms with Gasteiger partial charge < -0.3 is 18.6 Å². The minimum Gasteiger partial charge on any atom is -0.454 e. The largest absolute Gasteiger partial charge is 0.454 e. The van der Waals surface area contributed by atoms with Crippen LogP contribution >= 0.6 is 0 Å². The van der Waals surface area contributed by atoms with E-state index in [2.05, 4.69) is 197 Å². The fourth-order valence-electron chi connectivity index (χ4n) is 9.05. The molecule has 0 fully saturated rings. The van der Waals surface area contributed by atoms with Crippen molar-refractivity contribution >= 4 is 78.0 Å². The molecule has 10 rings (SSSR count). The lowest BCUT2D eigenvalue weighted by molar-refractivity contribution is 0.668. The molecule has 0 saturated heterocycles. The highest BCUT2D eigenvalue weighted by atomic mass is 16.3. The van der Waals surface area contributed by atoms with Crippen LogP contribution < -0.4 is 9.80 Å². The first kappa shape index (κ1) is 35.4. The molecule has 10 aromatic rings. The second kappa shape index (κ2) is 13.9. The topological polar surface area (TPSA) is 32.8 Å². The van der Waals surface area contributed by atoms with Crippen molar-refractivity contribution in [2.75, 3.05) is 9.80 Å². The van der Waals surface area contributed by atoms with Crippen LogP contribution in [0.4, 0.5) is 34.1 Å². The zero-order chi connectivity index (χ0) is 39.7. The zero-order valence-electron chi connectivity index (χ0n) is 33.7. The van der Waals surface area contributed by atoms with Gasteiger partial charge in [-0.05, 0) is 135 Å². The van der Waals surface area contributed by atoms with Gasteiger partial charge in [-0.3, -0.25) is 0 Å². The second-order valence-electron chi connectivity index (χ2n) is 15.7. The monoisotopic (exact) mass is 752 g/mol. The van der Waals surface area contributed by atoms with Gasteiger partial charge in [0.05, 0.1) is 22.7 Å². The molecule has 58 heavy (non-hydrogen) atoms. The Morgan fingerprint density at radius 2 is 0.672 bits per heavy atom. The summed E-state index contributed by atoms with van der Waals surface area (Å²) in [6.45, 7) is 13.2. The molecule has 0 spiro atoms. The van der Waals surface area contributed by atoms with Gasteiger partial charge in [0.25, 0.3) is 0 Å². The highest BCUT2D eigenvalue weighted by Crippen LogP contribution is 2.48. The molecule has 0 unspecified atom stereocenters. The maximum atomic E-state index is 6.63. The number of furan rings is 2. The summed E-state index contributed by atoms with van der Waals surface area (Å²) < 4.78 is 13.3. The Bertz CT molecular complexity index is 2960.